The Kier molecular flexibility index (Phi) is 3.75. The number of carbonyl (C=O) groups excluding carboxylic acids is 1. The molecule has 0 heterocycles. The fourth-order valence-corrected chi connectivity index (χ4v) is 1.96. The van der Waals surface area contributed by atoms with Gasteiger partial charge in [0.15, 0.2) is 0 Å². The zero-order valence-corrected chi connectivity index (χ0v) is 11.1. The van der Waals surface area contributed by atoms with Crippen LogP contribution < -0.4 is 0 Å². The van der Waals surface area contributed by atoms with Gasteiger partial charge < -0.3 is 4.79 Å². The molecule has 1 atom stereocenters. The highest BCUT2D eigenvalue weighted by Crippen LogP contribution is 2.23. The van der Waals surface area contributed by atoms with E-state index in [0.717, 1.165) is 16.3 Å². The molecule has 0 bridgehead atoms. The van der Waals surface area contributed by atoms with Gasteiger partial charge in [0.1, 0.15) is 6.29 Å². The van der Waals surface area contributed by atoms with Gasteiger partial charge in [-0.1, -0.05) is 59.3 Å². The molecule has 2 aromatic rings. The van der Waals surface area contributed by atoms with Crippen molar-refractivity contribution in [1.82, 2.24) is 0 Å². The van der Waals surface area contributed by atoms with Crippen LogP contribution in [0.25, 0.3) is 11.1 Å². The number of hydrogen-bond donors (Lipinski definition) is 0. The second-order valence-electron chi connectivity index (χ2n) is 4.05. The molecule has 2 aromatic carbocycles. The summed E-state index contributed by atoms with van der Waals surface area (Å²) in [5.41, 5.74) is 3.40. The standard InChI is InChI=1S/C15H13BrO/c1-11(10-17)12-2-4-13(5-3-12)14-6-8-15(16)9-7-14/h2-11H,1H3. The van der Waals surface area contributed by atoms with E-state index in [1.54, 1.807) is 0 Å². The molecule has 0 radical (unpaired) electrons. The summed E-state index contributed by atoms with van der Waals surface area (Å²) in [6, 6.07) is 16.3. The average molecular weight is 289 g/mol. The summed E-state index contributed by atoms with van der Waals surface area (Å²) in [5, 5.41) is 0. The molecule has 0 spiro atoms. The van der Waals surface area contributed by atoms with Crippen molar-refractivity contribution >= 4 is 22.2 Å². The van der Waals surface area contributed by atoms with Crippen LogP contribution >= 0.6 is 15.9 Å². The molecule has 0 saturated heterocycles. The number of benzene rings is 2. The lowest BCUT2D eigenvalue weighted by molar-refractivity contribution is -0.108. The molecular weight excluding hydrogens is 276 g/mol. The summed E-state index contributed by atoms with van der Waals surface area (Å²) in [7, 11) is 0. The number of hydrogen-bond acceptors (Lipinski definition) is 1. The lowest BCUT2D eigenvalue weighted by Crippen LogP contribution is -1.93. The number of halogens is 1. The van der Waals surface area contributed by atoms with Gasteiger partial charge in [-0.3, -0.25) is 0 Å². The van der Waals surface area contributed by atoms with E-state index in [-0.39, 0.29) is 5.92 Å². The molecule has 0 amide bonds. The van der Waals surface area contributed by atoms with Gasteiger partial charge in [0.05, 0.1) is 0 Å². The van der Waals surface area contributed by atoms with E-state index in [4.69, 9.17) is 0 Å². The molecule has 0 aromatic heterocycles. The Balaban J connectivity index is 2.29. The minimum atomic E-state index is -0.0334. The van der Waals surface area contributed by atoms with E-state index >= 15 is 0 Å². The van der Waals surface area contributed by atoms with E-state index < -0.39 is 0 Å². The molecule has 0 aliphatic heterocycles. The zero-order valence-electron chi connectivity index (χ0n) is 9.56. The summed E-state index contributed by atoms with van der Waals surface area (Å²) in [6.45, 7) is 1.90. The molecule has 17 heavy (non-hydrogen) atoms. The Morgan fingerprint density at radius 1 is 0.941 bits per heavy atom. The molecule has 0 aliphatic rings. The van der Waals surface area contributed by atoms with Crippen LogP contribution in [-0.4, -0.2) is 6.29 Å². The van der Waals surface area contributed by atoms with Crippen LogP contribution in [0.2, 0.25) is 0 Å². The van der Waals surface area contributed by atoms with Crippen LogP contribution in [0.1, 0.15) is 18.4 Å². The van der Waals surface area contributed by atoms with Gasteiger partial charge in [-0.05, 0) is 28.8 Å². The molecule has 0 N–H and O–H groups in total. The van der Waals surface area contributed by atoms with E-state index in [2.05, 4.69) is 40.2 Å². The normalized spacial score (nSPS) is 12.1. The molecule has 0 saturated carbocycles. The quantitative estimate of drug-likeness (QED) is 0.764. The maximum atomic E-state index is 10.7. The van der Waals surface area contributed by atoms with Gasteiger partial charge in [0.25, 0.3) is 0 Å². The number of aldehydes is 1. The Hall–Kier alpha value is -1.41. The van der Waals surface area contributed by atoms with E-state index in [1.807, 2.05) is 31.2 Å². The minimum absolute atomic E-state index is 0.0334. The molecule has 1 unspecified atom stereocenters. The monoisotopic (exact) mass is 288 g/mol. The SMILES string of the molecule is CC(C=O)c1ccc(-c2ccc(Br)cc2)cc1. The van der Waals surface area contributed by atoms with Gasteiger partial charge in [-0.2, -0.15) is 0 Å². The first kappa shape index (κ1) is 12.1. The van der Waals surface area contributed by atoms with Crippen LogP contribution in [0.3, 0.4) is 0 Å². The van der Waals surface area contributed by atoms with Crippen molar-refractivity contribution in [2.75, 3.05) is 0 Å². The topological polar surface area (TPSA) is 17.1 Å². The van der Waals surface area contributed by atoms with Crippen molar-refractivity contribution in [2.24, 2.45) is 0 Å². The highest BCUT2D eigenvalue weighted by Gasteiger charge is 2.03. The summed E-state index contributed by atoms with van der Waals surface area (Å²) in [6.07, 6.45) is 0.967. The summed E-state index contributed by atoms with van der Waals surface area (Å²) < 4.78 is 1.08. The van der Waals surface area contributed by atoms with E-state index in [0.29, 0.717) is 0 Å². The van der Waals surface area contributed by atoms with Gasteiger partial charge in [-0.15, -0.1) is 0 Å². The molecule has 2 rings (SSSR count). The van der Waals surface area contributed by atoms with Crippen LogP contribution in [0.15, 0.2) is 53.0 Å². The van der Waals surface area contributed by atoms with E-state index in [9.17, 15) is 4.79 Å². The summed E-state index contributed by atoms with van der Waals surface area (Å²) in [5.74, 6) is -0.0334. The van der Waals surface area contributed by atoms with Gasteiger partial charge in [0, 0.05) is 10.4 Å². The molecule has 1 nitrogen and oxygen atoms in total. The smallest absolute Gasteiger partial charge is 0.127 e. The Morgan fingerprint density at radius 2 is 1.41 bits per heavy atom. The largest absolute Gasteiger partial charge is 0.303 e. The molecule has 86 valence electrons. The fourth-order valence-electron chi connectivity index (χ4n) is 1.70. The fraction of sp³-hybridized carbons (Fsp3) is 0.133. The van der Waals surface area contributed by atoms with Crippen molar-refractivity contribution in [3.8, 4) is 11.1 Å². The second kappa shape index (κ2) is 5.28. The first-order chi connectivity index (χ1) is 8.20. The van der Waals surface area contributed by atoms with Crippen LogP contribution in [0.5, 0.6) is 0 Å². The number of rotatable bonds is 3. The molecular formula is C15H13BrO. The lowest BCUT2D eigenvalue weighted by Gasteiger charge is -2.06. The predicted molar refractivity (Wildman–Crippen MR) is 74.1 cm³/mol. The maximum Gasteiger partial charge on any atom is 0.127 e. The first-order valence-corrected chi connectivity index (χ1v) is 6.31. The van der Waals surface area contributed by atoms with Crippen molar-refractivity contribution in [1.29, 1.82) is 0 Å². The Morgan fingerprint density at radius 3 is 1.88 bits per heavy atom. The highest BCUT2D eigenvalue weighted by molar-refractivity contribution is 9.10. The van der Waals surface area contributed by atoms with E-state index in [1.165, 1.54) is 11.1 Å². The van der Waals surface area contributed by atoms with Crippen molar-refractivity contribution < 1.29 is 4.79 Å². The van der Waals surface area contributed by atoms with Crippen LogP contribution in [0.4, 0.5) is 0 Å². The number of carbonyl (C=O) groups is 1. The molecule has 0 fully saturated rings. The second-order valence-corrected chi connectivity index (χ2v) is 4.97. The van der Waals surface area contributed by atoms with Crippen LogP contribution in [0, 0.1) is 0 Å². The maximum absolute atomic E-state index is 10.7. The third kappa shape index (κ3) is 2.83. The molecule has 2 heteroatoms. The predicted octanol–water partition coefficient (Wildman–Crippen LogP) is 4.42. The van der Waals surface area contributed by atoms with Crippen LogP contribution in [-0.2, 0) is 4.79 Å². The van der Waals surface area contributed by atoms with Crippen molar-refractivity contribution in [2.45, 2.75) is 12.8 Å². The summed E-state index contributed by atoms with van der Waals surface area (Å²) >= 11 is 3.42. The van der Waals surface area contributed by atoms with Crippen molar-refractivity contribution in [3.63, 3.8) is 0 Å². The third-order valence-corrected chi connectivity index (χ3v) is 3.35. The Labute approximate surface area is 110 Å². The molecule has 0 aliphatic carbocycles. The van der Waals surface area contributed by atoms with Gasteiger partial charge in [0.2, 0.25) is 0 Å². The Bertz CT molecular complexity index is 499. The summed E-state index contributed by atoms with van der Waals surface area (Å²) in [4.78, 5) is 10.7. The third-order valence-electron chi connectivity index (χ3n) is 2.82. The average Bonchev–Trinajstić information content (AvgIpc) is 2.39. The van der Waals surface area contributed by atoms with Crippen molar-refractivity contribution in [3.05, 3.63) is 58.6 Å². The van der Waals surface area contributed by atoms with Gasteiger partial charge in [-0.25, -0.2) is 0 Å². The lowest BCUT2D eigenvalue weighted by atomic mass is 9.98. The zero-order chi connectivity index (χ0) is 12.3. The minimum Gasteiger partial charge on any atom is -0.303 e. The first-order valence-electron chi connectivity index (χ1n) is 5.52. The van der Waals surface area contributed by atoms with Gasteiger partial charge >= 0.3 is 0 Å². The highest BCUT2D eigenvalue weighted by atomic mass is 79.9.